The largest absolute Gasteiger partial charge is 0.540 e. The minimum atomic E-state index is -2.80. The number of anilines is 2. The van der Waals surface area contributed by atoms with Crippen LogP contribution in [0.25, 0.3) is 0 Å². The highest BCUT2D eigenvalue weighted by Gasteiger charge is 2.54. The van der Waals surface area contributed by atoms with E-state index in [0.29, 0.717) is 28.3 Å². The molecule has 74 heavy (non-hydrogen) atoms. The SMILES string of the molecule is C=CCOC(=O)N[C@@H](C(=O)N[C@H](C)C(=O)Nc1ccc(COC(=O)N2c3cc(O[Si](C(C)C)(C(C)C)C(C)C)c(OC)cc3C(=O)N3C[C@@H](OC(=O)c4ccccc4)CC3[C@@H]2O[Si](C)(C)C(C)(C)C)cc1)C(C)C. The highest BCUT2D eigenvalue weighted by atomic mass is 28.4. The molecule has 2 aliphatic rings. The fourth-order valence-electron chi connectivity index (χ4n) is 9.54. The molecule has 5 atom stereocenters. The molecule has 3 aromatic rings. The first kappa shape index (κ1) is 58.7. The van der Waals surface area contributed by atoms with Crippen molar-refractivity contribution in [2.75, 3.05) is 30.5 Å². The molecular formula is C55H79N5O12Si2. The molecule has 0 aromatic heterocycles. The minimum Gasteiger partial charge on any atom is -0.540 e. The van der Waals surface area contributed by atoms with Gasteiger partial charge in [0, 0.05) is 18.2 Å². The number of benzene rings is 3. The number of nitrogens with zero attached hydrogens (tertiary/aromatic N) is 2. The molecule has 2 aliphatic heterocycles. The Hall–Kier alpha value is -6.19. The first-order chi connectivity index (χ1) is 34.7. The number of carbonyl (C=O) groups is 6. The van der Waals surface area contributed by atoms with Crippen molar-refractivity contribution in [1.82, 2.24) is 15.5 Å². The second-order valence-electron chi connectivity index (χ2n) is 22.0. The topological polar surface area (TPSA) is 200 Å². The summed E-state index contributed by atoms with van der Waals surface area (Å²) in [4.78, 5) is 85.6. The highest BCUT2D eigenvalue weighted by Crippen LogP contribution is 2.49. The zero-order valence-electron chi connectivity index (χ0n) is 46.0. The molecule has 19 heteroatoms. The second kappa shape index (κ2) is 24.4. The lowest BCUT2D eigenvalue weighted by Gasteiger charge is -2.44. The Morgan fingerprint density at radius 2 is 1.45 bits per heavy atom. The summed E-state index contributed by atoms with van der Waals surface area (Å²) >= 11 is 0. The fraction of sp³-hybridized carbons (Fsp3) is 0.527. The number of methoxy groups -OCH3 is 1. The van der Waals surface area contributed by atoms with Crippen LogP contribution in [0.1, 0.15) is 116 Å². The first-order valence-electron chi connectivity index (χ1n) is 25.5. The van der Waals surface area contributed by atoms with Gasteiger partial charge >= 0.3 is 18.2 Å². The smallest absolute Gasteiger partial charge is 0.416 e. The van der Waals surface area contributed by atoms with Crippen LogP contribution in [0.5, 0.6) is 11.5 Å². The molecule has 1 saturated heterocycles. The van der Waals surface area contributed by atoms with Gasteiger partial charge in [0.15, 0.2) is 20.3 Å². The van der Waals surface area contributed by atoms with E-state index in [4.69, 9.17) is 27.8 Å². The van der Waals surface area contributed by atoms with Gasteiger partial charge in [0.05, 0.1) is 36.5 Å². The van der Waals surface area contributed by atoms with Gasteiger partial charge in [0.1, 0.15) is 37.2 Å². The van der Waals surface area contributed by atoms with Gasteiger partial charge in [-0.05, 0) is 83.5 Å². The monoisotopic (exact) mass is 1060 g/mol. The molecule has 3 aromatic carbocycles. The maximum Gasteiger partial charge on any atom is 0.416 e. The van der Waals surface area contributed by atoms with Crippen molar-refractivity contribution in [1.29, 1.82) is 0 Å². The molecule has 0 aliphatic carbocycles. The number of hydrogen-bond acceptors (Lipinski definition) is 12. The zero-order valence-corrected chi connectivity index (χ0v) is 48.0. The quantitative estimate of drug-likeness (QED) is 0.0419. The minimum absolute atomic E-state index is 0.0265. The van der Waals surface area contributed by atoms with Crippen molar-refractivity contribution in [3.8, 4) is 11.5 Å². The zero-order chi connectivity index (χ0) is 55.0. The molecule has 0 bridgehead atoms. The summed E-state index contributed by atoms with van der Waals surface area (Å²) in [7, 11) is -3.93. The first-order valence-corrected chi connectivity index (χ1v) is 30.6. The van der Waals surface area contributed by atoms with Gasteiger partial charge < -0.3 is 48.6 Å². The van der Waals surface area contributed by atoms with Gasteiger partial charge in [-0.25, -0.2) is 19.3 Å². The lowest BCUT2D eigenvalue weighted by molar-refractivity contribution is -0.128. The predicted octanol–water partition coefficient (Wildman–Crippen LogP) is 10.6. The third-order valence-electron chi connectivity index (χ3n) is 14.5. The molecule has 1 fully saturated rings. The summed E-state index contributed by atoms with van der Waals surface area (Å²) in [6.07, 6.45) is -1.84. The Morgan fingerprint density at radius 1 is 0.824 bits per heavy atom. The fourth-order valence-corrected chi connectivity index (χ4v) is 16.0. The van der Waals surface area contributed by atoms with Crippen LogP contribution in [0.3, 0.4) is 0 Å². The Bertz CT molecular complexity index is 2470. The van der Waals surface area contributed by atoms with Crippen LogP contribution < -0.4 is 30.0 Å². The number of esters is 1. The van der Waals surface area contributed by atoms with Crippen LogP contribution in [-0.2, 0) is 34.8 Å². The van der Waals surface area contributed by atoms with Gasteiger partial charge in [-0.2, -0.15) is 0 Å². The summed E-state index contributed by atoms with van der Waals surface area (Å²) in [5.74, 6) is -1.58. The average Bonchev–Trinajstić information content (AvgIpc) is 3.73. The van der Waals surface area contributed by atoms with E-state index in [1.165, 1.54) is 25.0 Å². The maximum atomic E-state index is 15.3. The third kappa shape index (κ3) is 13.4. The van der Waals surface area contributed by atoms with Crippen LogP contribution in [0.2, 0.25) is 34.8 Å². The number of alkyl carbamates (subject to hydrolysis) is 1. The van der Waals surface area contributed by atoms with Gasteiger partial charge in [0.2, 0.25) is 11.8 Å². The number of nitrogens with one attached hydrogen (secondary N) is 3. The normalized spacial score (nSPS) is 17.7. The standard InChI is InChI=1S/C55H79N5O12Si2/c1-17-27-68-53(65)58-47(33(2)3)49(62)56-37(10)48(61)57-40-25-23-38(24-26-40)32-69-54(66)60-43-30-46(71-74(34(4)5,35(6)7)36(8)9)45(67-14)29-42(43)50(63)59-31-41(70-52(64)39-21-19-18-20-22-39)28-44(59)51(60)72-73(15,16)55(11,12)13/h17-26,29-30,33-37,41,44,47,51H,1,27-28,31-32H2,2-16H3,(H,56,62)(H,57,61)(H,58,65)/t37-,41+,44?,47-,51+/m1/s1. The van der Waals surface area contributed by atoms with E-state index in [9.17, 15) is 19.2 Å². The number of ether oxygens (including phenoxy) is 4. The van der Waals surface area contributed by atoms with Crippen molar-refractivity contribution in [2.45, 2.75) is 161 Å². The molecule has 0 spiro atoms. The van der Waals surface area contributed by atoms with Crippen LogP contribution in [-0.4, -0.2) is 108 Å². The van der Waals surface area contributed by atoms with Crippen LogP contribution in [0.15, 0.2) is 79.4 Å². The van der Waals surface area contributed by atoms with Gasteiger partial charge in [-0.1, -0.05) is 119 Å². The molecule has 3 N–H and O–H groups in total. The molecule has 0 saturated carbocycles. The maximum absolute atomic E-state index is 15.3. The van der Waals surface area contributed by atoms with E-state index in [1.807, 2.05) is 6.07 Å². The number of fused-ring (bicyclic) bond motifs is 2. The number of hydrogen-bond donors (Lipinski definition) is 3. The lowest BCUT2D eigenvalue weighted by Crippen LogP contribution is -2.58. The molecule has 1 unspecified atom stereocenters. The van der Waals surface area contributed by atoms with Crippen molar-refractivity contribution in [2.24, 2.45) is 5.92 Å². The van der Waals surface area contributed by atoms with Gasteiger partial charge in [-0.3, -0.25) is 14.4 Å². The van der Waals surface area contributed by atoms with Crippen molar-refractivity contribution in [3.05, 3.63) is 96.1 Å². The van der Waals surface area contributed by atoms with Crippen molar-refractivity contribution < 1.29 is 56.6 Å². The van der Waals surface area contributed by atoms with Crippen LogP contribution in [0.4, 0.5) is 21.0 Å². The molecule has 5 amide bonds. The van der Waals surface area contributed by atoms with Crippen molar-refractivity contribution >= 4 is 63.9 Å². The van der Waals surface area contributed by atoms with Gasteiger partial charge in [0.25, 0.3) is 14.2 Å². The van der Waals surface area contributed by atoms with Crippen LogP contribution in [0, 0.1) is 5.92 Å². The summed E-state index contributed by atoms with van der Waals surface area (Å²) < 4.78 is 37.8. The average molecular weight is 1060 g/mol. The molecule has 17 nitrogen and oxygen atoms in total. The van der Waals surface area contributed by atoms with Gasteiger partial charge in [-0.15, -0.1) is 0 Å². The molecule has 404 valence electrons. The summed E-state index contributed by atoms with van der Waals surface area (Å²) in [5.41, 5.74) is 2.29. The Labute approximate surface area is 439 Å². The number of amides is 5. The number of carbonyl (C=O) groups excluding carboxylic acids is 6. The molecule has 2 heterocycles. The molecule has 0 radical (unpaired) electrons. The Morgan fingerprint density at radius 3 is 2.00 bits per heavy atom. The van der Waals surface area contributed by atoms with E-state index in [1.54, 1.807) is 79.4 Å². The highest BCUT2D eigenvalue weighted by molar-refractivity contribution is 6.78. The van der Waals surface area contributed by atoms with E-state index in [0.717, 1.165) is 0 Å². The summed E-state index contributed by atoms with van der Waals surface area (Å²) in [5, 5.41) is 7.63. The van der Waals surface area contributed by atoms with Crippen molar-refractivity contribution in [3.63, 3.8) is 0 Å². The van der Waals surface area contributed by atoms with E-state index in [2.05, 4.69) is 97.9 Å². The van der Waals surface area contributed by atoms with E-state index in [-0.39, 0.29) is 65.0 Å². The third-order valence-corrected chi connectivity index (χ3v) is 24.9. The van der Waals surface area contributed by atoms with E-state index >= 15 is 9.59 Å². The molecular weight excluding hydrogens is 979 g/mol. The Kier molecular flexibility index (Phi) is 19.4. The number of rotatable bonds is 20. The predicted molar refractivity (Wildman–Crippen MR) is 290 cm³/mol. The lowest BCUT2D eigenvalue weighted by atomic mass is 10.0. The Balaban J connectivity index is 1.51. The summed E-state index contributed by atoms with van der Waals surface area (Å²) in [6, 6.07) is 16.0. The summed E-state index contributed by atoms with van der Waals surface area (Å²) in [6.45, 7) is 31.8. The second-order valence-corrected chi connectivity index (χ2v) is 32.1. The van der Waals surface area contributed by atoms with Crippen LogP contribution >= 0.6 is 0 Å². The molecule has 5 rings (SSSR count). The van der Waals surface area contributed by atoms with E-state index < -0.39 is 83.0 Å².